The first kappa shape index (κ1) is 9.02. The Hall–Kier alpha value is -1.55. The fourth-order valence-corrected chi connectivity index (χ4v) is 1.94. The van der Waals surface area contributed by atoms with Gasteiger partial charge in [-0.15, -0.1) is 0 Å². The van der Waals surface area contributed by atoms with Gasteiger partial charge in [-0.3, -0.25) is 0 Å². The van der Waals surface area contributed by atoms with E-state index >= 15 is 0 Å². The van der Waals surface area contributed by atoms with Crippen molar-refractivity contribution in [2.24, 2.45) is 5.73 Å². The molecule has 0 amide bonds. The van der Waals surface area contributed by atoms with Crippen molar-refractivity contribution in [1.29, 1.82) is 0 Å². The maximum absolute atomic E-state index is 11.0. The Balaban J connectivity index is 2.55. The molecule has 0 saturated heterocycles. The lowest BCUT2D eigenvalue weighted by molar-refractivity contribution is -0.143. The molecule has 1 aromatic rings. The van der Waals surface area contributed by atoms with E-state index in [0.717, 1.165) is 5.56 Å². The van der Waals surface area contributed by atoms with Crippen molar-refractivity contribution in [3.63, 3.8) is 0 Å². The molecular formula is C10H12N2O2. The Morgan fingerprint density at radius 2 is 2.21 bits per heavy atom. The molecular weight excluding hydrogens is 180 g/mol. The molecule has 1 aliphatic carbocycles. The second-order valence-electron chi connectivity index (χ2n) is 3.69. The zero-order chi connectivity index (χ0) is 10.3. The molecule has 0 aromatic heterocycles. The summed E-state index contributed by atoms with van der Waals surface area (Å²) >= 11 is 0. The van der Waals surface area contributed by atoms with Crippen molar-refractivity contribution in [2.75, 3.05) is 5.73 Å². The SMILES string of the molecule is Nc1ccc2c(c1)CCC2(N)C(=O)O. The number of carboxylic acids is 1. The van der Waals surface area contributed by atoms with E-state index in [4.69, 9.17) is 16.6 Å². The van der Waals surface area contributed by atoms with Crippen LogP contribution in [0.1, 0.15) is 17.5 Å². The van der Waals surface area contributed by atoms with E-state index in [0.29, 0.717) is 24.1 Å². The third-order valence-electron chi connectivity index (χ3n) is 2.78. The Morgan fingerprint density at radius 1 is 1.50 bits per heavy atom. The van der Waals surface area contributed by atoms with Crippen LogP contribution < -0.4 is 11.5 Å². The Labute approximate surface area is 81.5 Å². The number of aliphatic carboxylic acids is 1. The molecule has 0 spiro atoms. The molecule has 1 unspecified atom stereocenters. The minimum Gasteiger partial charge on any atom is -0.480 e. The van der Waals surface area contributed by atoms with Gasteiger partial charge in [0.1, 0.15) is 5.54 Å². The minimum atomic E-state index is -1.22. The maximum atomic E-state index is 11.0. The van der Waals surface area contributed by atoms with Crippen LogP contribution in [-0.2, 0) is 16.8 Å². The standard InChI is InChI=1S/C10H12N2O2/c11-7-1-2-8-6(5-7)3-4-10(8,12)9(13)14/h1-2,5H,3-4,11-12H2,(H,13,14). The summed E-state index contributed by atoms with van der Waals surface area (Å²) in [4.78, 5) is 11.0. The molecule has 74 valence electrons. The van der Waals surface area contributed by atoms with Crippen LogP contribution >= 0.6 is 0 Å². The van der Waals surface area contributed by atoms with E-state index in [-0.39, 0.29) is 0 Å². The van der Waals surface area contributed by atoms with Gasteiger partial charge < -0.3 is 16.6 Å². The normalized spacial score (nSPS) is 24.6. The number of carbonyl (C=O) groups is 1. The van der Waals surface area contributed by atoms with Gasteiger partial charge in [0.2, 0.25) is 0 Å². The Morgan fingerprint density at radius 3 is 2.86 bits per heavy atom. The molecule has 0 saturated carbocycles. The number of rotatable bonds is 1. The van der Waals surface area contributed by atoms with Gasteiger partial charge in [0.25, 0.3) is 0 Å². The summed E-state index contributed by atoms with van der Waals surface area (Å²) in [5.41, 5.74) is 12.5. The highest BCUT2D eigenvalue weighted by molar-refractivity contribution is 5.82. The van der Waals surface area contributed by atoms with Crippen LogP contribution in [-0.4, -0.2) is 11.1 Å². The lowest BCUT2D eigenvalue weighted by Crippen LogP contribution is -2.42. The number of nitrogens with two attached hydrogens (primary N) is 2. The van der Waals surface area contributed by atoms with Crippen LogP contribution in [0.2, 0.25) is 0 Å². The van der Waals surface area contributed by atoms with E-state index in [1.165, 1.54) is 0 Å². The fourth-order valence-electron chi connectivity index (χ4n) is 1.94. The summed E-state index contributed by atoms with van der Waals surface area (Å²) in [6.07, 6.45) is 1.13. The first-order valence-electron chi connectivity index (χ1n) is 4.45. The van der Waals surface area contributed by atoms with E-state index in [2.05, 4.69) is 0 Å². The summed E-state index contributed by atoms with van der Waals surface area (Å²) in [6, 6.07) is 5.20. The van der Waals surface area contributed by atoms with Crippen LogP contribution in [0.25, 0.3) is 0 Å². The molecule has 4 nitrogen and oxygen atoms in total. The highest BCUT2D eigenvalue weighted by Gasteiger charge is 2.41. The molecule has 0 fully saturated rings. The van der Waals surface area contributed by atoms with Crippen molar-refractivity contribution in [2.45, 2.75) is 18.4 Å². The number of benzene rings is 1. The fraction of sp³-hybridized carbons (Fsp3) is 0.300. The summed E-state index contributed by atoms with van der Waals surface area (Å²) < 4.78 is 0. The third kappa shape index (κ3) is 1.08. The lowest BCUT2D eigenvalue weighted by Gasteiger charge is -2.19. The summed E-state index contributed by atoms with van der Waals surface area (Å²) in [5.74, 6) is -0.971. The summed E-state index contributed by atoms with van der Waals surface area (Å²) in [7, 11) is 0. The molecule has 14 heavy (non-hydrogen) atoms. The summed E-state index contributed by atoms with van der Waals surface area (Å²) in [6.45, 7) is 0. The average molecular weight is 192 g/mol. The van der Waals surface area contributed by atoms with Gasteiger partial charge in [0, 0.05) is 5.69 Å². The van der Waals surface area contributed by atoms with Crippen LogP contribution in [0.15, 0.2) is 18.2 Å². The molecule has 5 N–H and O–H groups in total. The maximum Gasteiger partial charge on any atom is 0.328 e. The molecule has 4 heteroatoms. The van der Waals surface area contributed by atoms with Crippen molar-refractivity contribution in [3.05, 3.63) is 29.3 Å². The zero-order valence-corrected chi connectivity index (χ0v) is 7.66. The topological polar surface area (TPSA) is 89.3 Å². The van der Waals surface area contributed by atoms with Gasteiger partial charge in [-0.1, -0.05) is 6.07 Å². The lowest BCUT2D eigenvalue weighted by atomic mass is 9.93. The van der Waals surface area contributed by atoms with Crippen molar-refractivity contribution in [1.82, 2.24) is 0 Å². The Kier molecular flexibility index (Phi) is 1.75. The van der Waals surface area contributed by atoms with Gasteiger partial charge in [0.05, 0.1) is 0 Å². The number of anilines is 1. The minimum absolute atomic E-state index is 0.446. The molecule has 0 bridgehead atoms. The Bertz CT molecular complexity index is 403. The number of aryl methyl sites for hydroxylation is 1. The molecule has 0 heterocycles. The number of hydrogen-bond donors (Lipinski definition) is 3. The van der Waals surface area contributed by atoms with Crippen LogP contribution in [0.4, 0.5) is 5.69 Å². The number of fused-ring (bicyclic) bond motifs is 1. The van der Waals surface area contributed by atoms with Gasteiger partial charge in [0.15, 0.2) is 0 Å². The van der Waals surface area contributed by atoms with Gasteiger partial charge >= 0.3 is 5.97 Å². The molecule has 1 aromatic carbocycles. The van der Waals surface area contributed by atoms with Gasteiger partial charge in [-0.2, -0.15) is 0 Å². The molecule has 1 atom stereocenters. The summed E-state index contributed by atoms with van der Waals surface area (Å²) in [5, 5.41) is 9.03. The smallest absolute Gasteiger partial charge is 0.328 e. The van der Waals surface area contributed by atoms with Crippen LogP contribution in [0, 0.1) is 0 Å². The van der Waals surface area contributed by atoms with E-state index in [1.807, 2.05) is 0 Å². The van der Waals surface area contributed by atoms with Gasteiger partial charge in [-0.05, 0) is 36.1 Å². The average Bonchev–Trinajstić information content (AvgIpc) is 2.45. The van der Waals surface area contributed by atoms with E-state index < -0.39 is 11.5 Å². The van der Waals surface area contributed by atoms with Crippen molar-refractivity contribution in [3.8, 4) is 0 Å². The largest absolute Gasteiger partial charge is 0.480 e. The number of hydrogen-bond acceptors (Lipinski definition) is 3. The third-order valence-corrected chi connectivity index (χ3v) is 2.78. The van der Waals surface area contributed by atoms with E-state index in [9.17, 15) is 4.79 Å². The first-order valence-corrected chi connectivity index (χ1v) is 4.45. The van der Waals surface area contributed by atoms with Crippen LogP contribution in [0.3, 0.4) is 0 Å². The van der Waals surface area contributed by atoms with Crippen molar-refractivity contribution >= 4 is 11.7 Å². The van der Waals surface area contributed by atoms with E-state index in [1.54, 1.807) is 18.2 Å². The molecule has 2 rings (SSSR count). The predicted octanol–water partition coefficient (Wildman–Crippen LogP) is 0.454. The molecule has 0 radical (unpaired) electrons. The number of nitrogen functional groups attached to an aromatic ring is 1. The quantitative estimate of drug-likeness (QED) is 0.564. The monoisotopic (exact) mass is 192 g/mol. The van der Waals surface area contributed by atoms with Crippen molar-refractivity contribution < 1.29 is 9.90 Å². The zero-order valence-electron chi connectivity index (χ0n) is 7.66. The first-order chi connectivity index (χ1) is 6.54. The molecule has 1 aliphatic rings. The number of carboxylic acid groups (broad SMARTS) is 1. The second-order valence-corrected chi connectivity index (χ2v) is 3.69. The second kappa shape index (κ2) is 2.72. The van der Waals surface area contributed by atoms with Gasteiger partial charge in [-0.25, -0.2) is 4.79 Å². The van der Waals surface area contributed by atoms with Crippen LogP contribution in [0.5, 0.6) is 0 Å². The predicted molar refractivity (Wildman–Crippen MR) is 52.7 cm³/mol. The highest BCUT2D eigenvalue weighted by Crippen LogP contribution is 2.35. The highest BCUT2D eigenvalue weighted by atomic mass is 16.4. The molecule has 0 aliphatic heterocycles.